The fourth-order valence-corrected chi connectivity index (χ4v) is 1.20. The van der Waals surface area contributed by atoms with E-state index < -0.39 is 0 Å². The molecule has 0 unspecified atom stereocenters. The van der Waals surface area contributed by atoms with Gasteiger partial charge in [-0.2, -0.15) is 9.36 Å². The highest BCUT2D eigenvalue weighted by atomic mass is 32.1. The third-order valence-corrected chi connectivity index (χ3v) is 1.81. The quantitative estimate of drug-likeness (QED) is 0.604. The number of nitrogens with zero attached hydrogens (tertiary/aromatic N) is 3. The lowest BCUT2D eigenvalue weighted by Crippen LogP contribution is -1.87. The number of allylic oxidation sites excluding steroid dienone is 3. The zero-order valence-corrected chi connectivity index (χ0v) is 8.37. The van der Waals surface area contributed by atoms with E-state index in [-0.39, 0.29) is 0 Å². The Morgan fingerprint density at radius 3 is 2.71 bits per heavy atom. The minimum absolute atomic E-state index is 0.420. The van der Waals surface area contributed by atoms with E-state index in [2.05, 4.69) is 27.5 Å². The molecule has 0 aliphatic heterocycles. The number of rotatable bonds is 4. The Bertz CT molecular complexity index is 389. The van der Waals surface area contributed by atoms with Crippen LogP contribution in [0.3, 0.4) is 0 Å². The van der Waals surface area contributed by atoms with Gasteiger partial charge in [-0.1, -0.05) is 25.3 Å². The van der Waals surface area contributed by atoms with Crippen molar-refractivity contribution in [2.45, 2.75) is 0 Å². The van der Waals surface area contributed by atoms with Gasteiger partial charge in [0.05, 0.1) is 0 Å². The first-order valence-corrected chi connectivity index (χ1v) is 4.62. The van der Waals surface area contributed by atoms with Crippen molar-refractivity contribution in [1.82, 2.24) is 9.36 Å². The second-order valence-corrected chi connectivity index (χ2v) is 3.04. The molecule has 1 aromatic rings. The summed E-state index contributed by atoms with van der Waals surface area (Å²) in [5, 5.41) is 0.420. The molecule has 0 fully saturated rings. The molecule has 4 nitrogen and oxygen atoms in total. The third-order valence-electron chi connectivity index (χ3n) is 1.27. The normalized spacial score (nSPS) is 11.9. The molecule has 0 radical (unpaired) electrons. The molecule has 14 heavy (non-hydrogen) atoms. The first kappa shape index (κ1) is 10.3. The number of hydrogen-bond acceptors (Lipinski definition) is 5. The van der Waals surface area contributed by atoms with Crippen LogP contribution in [0.1, 0.15) is 5.82 Å². The molecular formula is C9H10N4S. The molecule has 0 aromatic carbocycles. The van der Waals surface area contributed by atoms with Gasteiger partial charge < -0.3 is 5.73 Å². The van der Waals surface area contributed by atoms with Crippen molar-refractivity contribution < 1.29 is 0 Å². The van der Waals surface area contributed by atoms with E-state index in [9.17, 15) is 0 Å². The average molecular weight is 206 g/mol. The van der Waals surface area contributed by atoms with Gasteiger partial charge in [-0.25, -0.2) is 0 Å². The van der Waals surface area contributed by atoms with Crippen LogP contribution in [0, 0.1) is 0 Å². The van der Waals surface area contributed by atoms with Gasteiger partial charge in [0.25, 0.3) is 0 Å². The number of hydrogen-bond donors (Lipinski definition) is 1. The van der Waals surface area contributed by atoms with Gasteiger partial charge in [-0.3, -0.25) is 4.99 Å². The summed E-state index contributed by atoms with van der Waals surface area (Å²) in [7, 11) is 0. The lowest BCUT2D eigenvalue weighted by atomic mass is 10.4. The van der Waals surface area contributed by atoms with Gasteiger partial charge in [-0.15, -0.1) is 0 Å². The predicted octanol–water partition coefficient (Wildman–Crippen LogP) is 1.90. The van der Waals surface area contributed by atoms with Crippen molar-refractivity contribution in [3.63, 3.8) is 0 Å². The lowest BCUT2D eigenvalue weighted by molar-refractivity contribution is 1.24. The van der Waals surface area contributed by atoms with Crippen molar-refractivity contribution in [1.29, 1.82) is 0 Å². The first-order chi connectivity index (χ1) is 6.77. The summed E-state index contributed by atoms with van der Waals surface area (Å²) >= 11 is 1.13. The van der Waals surface area contributed by atoms with Crippen LogP contribution in [0.5, 0.6) is 0 Å². The number of aromatic nitrogens is 2. The van der Waals surface area contributed by atoms with Crippen LogP contribution in [-0.4, -0.2) is 15.6 Å². The van der Waals surface area contributed by atoms with Crippen molar-refractivity contribution in [3.05, 3.63) is 37.2 Å². The molecule has 1 aromatic heterocycles. The molecule has 72 valence electrons. The number of nitrogen functional groups attached to an aromatic ring is 1. The molecule has 0 amide bonds. The van der Waals surface area contributed by atoms with Crippen LogP contribution in [-0.2, 0) is 0 Å². The van der Waals surface area contributed by atoms with Crippen molar-refractivity contribution in [2.75, 3.05) is 5.73 Å². The van der Waals surface area contributed by atoms with Crippen LogP contribution >= 0.6 is 11.5 Å². The zero-order valence-electron chi connectivity index (χ0n) is 7.55. The van der Waals surface area contributed by atoms with E-state index in [0.29, 0.717) is 16.7 Å². The molecule has 1 heterocycles. The lowest BCUT2D eigenvalue weighted by Gasteiger charge is -1.91. The maximum absolute atomic E-state index is 5.46. The highest BCUT2D eigenvalue weighted by molar-refractivity contribution is 7.09. The first-order valence-electron chi connectivity index (χ1n) is 3.85. The second-order valence-electron chi connectivity index (χ2n) is 2.26. The maximum atomic E-state index is 5.46. The highest BCUT2D eigenvalue weighted by Gasteiger charge is 2.04. The molecule has 0 bridgehead atoms. The van der Waals surface area contributed by atoms with Gasteiger partial charge in [0, 0.05) is 17.7 Å². The molecule has 5 heteroatoms. The molecular weight excluding hydrogens is 196 g/mol. The summed E-state index contributed by atoms with van der Waals surface area (Å²) in [5.74, 6) is 0.505. The van der Waals surface area contributed by atoms with Crippen LogP contribution in [0.25, 0.3) is 5.70 Å². The SMILES string of the molecule is C=CC=N/C(=C\C=C)c1nsc(N)n1. The minimum Gasteiger partial charge on any atom is -0.374 e. The average Bonchev–Trinajstić information content (AvgIpc) is 2.59. The number of aliphatic imine (C=N–C) groups is 1. The molecule has 1 rings (SSSR count). The Hall–Kier alpha value is -1.75. The molecule has 0 spiro atoms. The molecule has 0 aliphatic rings. The number of nitrogens with two attached hydrogens (primary N) is 1. The Morgan fingerprint density at radius 2 is 2.21 bits per heavy atom. The van der Waals surface area contributed by atoms with Crippen LogP contribution in [0.4, 0.5) is 5.13 Å². The van der Waals surface area contributed by atoms with Crippen molar-refractivity contribution in [3.8, 4) is 0 Å². The van der Waals surface area contributed by atoms with E-state index in [1.807, 2.05) is 0 Å². The summed E-state index contributed by atoms with van der Waals surface area (Å²) in [6.45, 7) is 7.11. The predicted molar refractivity (Wildman–Crippen MR) is 61.2 cm³/mol. The van der Waals surface area contributed by atoms with Crippen LogP contribution < -0.4 is 5.73 Å². The highest BCUT2D eigenvalue weighted by Crippen LogP contribution is 2.15. The van der Waals surface area contributed by atoms with E-state index in [1.165, 1.54) is 0 Å². The maximum Gasteiger partial charge on any atom is 0.200 e. The monoisotopic (exact) mass is 206 g/mol. The van der Waals surface area contributed by atoms with Gasteiger partial charge in [0.1, 0.15) is 5.70 Å². The van der Waals surface area contributed by atoms with Gasteiger partial charge in [0.15, 0.2) is 11.0 Å². The molecule has 0 atom stereocenters. The summed E-state index contributed by atoms with van der Waals surface area (Å²) < 4.78 is 4.03. The van der Waals surface area contributed by atoms with Gasteiger partial charge in [0.2, 0.25) is 0 Å². The Morgan fingerprint density at radius 1 is 1.43 bits per heavy atom. The molecule has 0 saturated heterocycles. The Balaban J connectivity index is 3.00. The molecule has 2 N–H and O–H groups in total. The smallest absolute Gasteiger partial charge is 0.200 e. The fourth-order valence-electron chi connectivity index (χ4n) is 0.759. The second kappa shape index (κ2) is 5.08. The third kappa shape index (κ3) is 2.63. The molecule has 0 saturated carbocycles. The summed E-state index contributed by atoms with van der Waals surface area (Å²) in [6, 6.07) is 0. The van der Waals surface area contributed by atoms with E-state index in [1.54, 1.807) is 24.4 Å². The van der Waals surface area contributed by atoms with E-state index in [4.69, 9.17) is 5.73 Å². The summed E-state index contributed by atoms with van der Waals surface area (Å²) in [6.07, 6.45) is 6.47. The zero-order chi connectivity index (χ0) is 10.4. The molecule has 0 aliphatic carbocycles. The van der Waals surface area contributed by atoms with Crippen molar-refractivity contribution >= 4 is 28.6 Å². The Labute approximate surface area is 86.4 Å². The standard InChI is InChI=1S/C9H10N4S/c1-3-5-7(11-6-4-2)8-12-9(10)14-13-8/h3-6H,1-2H2,(H2,10,12,13)/b7-5-,11-6?. The number of anilines is 1. The van der Waals surface area contributed by atoms with Crippen LogP contribution in [0.15, 0.2) is 36.4 Å². The Kier molecular flexibility index (Phi) is 3.75. The fraction of sp³-hybridized carbons (Fsp3) is 0. The van der Waals surface area contributed by atoms with Crippen molar-refractivity contribution in [2.24, 2.45) is 4.99 Å². The summed E-state index contributed by atoms with van der Waals surface area (Å²) in [4.78, 5) is 8.09. The largest absolute Gasteiger partial charge is 0.374 e. The van der Waals surface area contributed by atoms with Crippen LogP contribution in [0.2, 0.25) is 0 Å². The van der Waals surface area contributed by atoms with E-state index >= 15 is 0 Å². The topological polar surface area (TPSA) is 64.2 Å². The summed E-state index contributed by atoms with van der Waals surface area (Å²) in [5.41, 5.74) is 6.08. The minimum atomic E-state index is 0.420. The van der Waals surface area contributed by atoms with Gasteiger partial charge >= 0.3 is 0 Å². The van der Waals surface area contributed by atoms with E-state index in [0.717, 1.165) is 11.5 Å². The van der Waals surface area contributed by atoms with Gasteiger partial charge in [-0.05, 0) is 6.08 Å².